The Morgan fingerprint density at radius 3 is 1.75 bits per heavy atom. The van der Waals surface area contributed by atoms with Crippen molar-refractivity contribution < 1.29 is 30.0 Å². The summed E-state index contributed by atoms with van der Waals surface area (Å²) in [5.74, 6) is 0. The van der Waals surface area contributed by atoms with Crippen molar-refractivity contribution in [1.82, 2.24) is 13.8 Å². The van der Waals surface area contributed by atoms with Gasteiger partial charge in [-0.3, -0.25) is 4.57 Å². The molecule has 0 saturated carbocycles. The van der Waals surface area contributed by atoms with Crippen LogP contribution in [0.15, 0.2) is 186 Å². The number of imidazole rings is 1. The van der Waals surface area contributed by atoms with Gasteiger partial charge in [-0.15, -0.1) is 29.7 Å². The van der Waals surface area contributed by atoms with Gasteiger partial charge in [0, 0.05) is 43.1 Å². The van der Waals surface area contributed by atoms with Crippen LogP contribution >= 0.6 is 0 Å². The second kappa shape index (κ2) is 13.4. The molecule has 3 aromatic heterocycles. The molecule has 0 fully saturated rings. The Bertz CT molecular complexity index is 4050. The fraction of sp³-hybridized carbons (Fsp3) is 0. The molecular weight excluding hydrogens is 916 g/mol. The molecule has 8 bridgehead atoms. The first-order valence-corrected chi connectivity index (χ1v) is 19.8. The fourth-order valence-corrected chi connectivity index (χ4v) is 9.39. The molecule has 5 nitrogen and oxygen atoms in total. The number of hydrogen-bond donors (Lipinski definition) is 0. The Kier molecular flexibility index (Phi) is 7.72. The number of hydrogen-bond acceptors (Lipinski definition) is 2. The van der Waals surface area contributed by atoms with Crippen molar-refractivity contribution >= 4 is 109 Å². The van der Waals surface area contributed by atoms with E-state index in [0.29, 0.717) is 11.2 Å². The van der Waals surface area contributed by atoms with Crippen LogP contribution in [0.1, 0.15) is 0 Å². The minimum Gasteiger partial charge on any atom is -0.510 e. The third-order valence-corrected chi connectivity index (χ3v) is 11.9. The molecule has 60 heavy (non-hydrogen) atoms. The Labute approximate surface area is 357 Å². The zero-order valence-electron chi connectivity index (χ0n) is 31.8. The van der Waals surface area contributed by atoms with E-state index in [1.54, 1.807) is 0 Å². The predicted octanol–water partition coefficient (Wildman–Crippen LogP) is 12.9. The zero-order chi connectivity index (χ0) is 38.6. The third kappa shape index (κ3) is 5.03. The van der Waals surface area contributed by atoms with Gasteiger partial charge in [0.1, 0.15) is 5.65 Å². The molecule has 2 aliphatic heterocycles. The first-order chi connectivity index (χ1) is 29.3. The molecule has 6 heteroatoms. The molecule has 0 radical (unpaired) electrons. The maximum Gasteiger partial charge on any atom is 0.268 e. The van der Waals surface area contributed by atoms with Crippen LogP contribution in [0.3, 0.4) is 0 Å². The van der Waals surface area contributed by atoms with Crippen molar-refractivity contribution in [3.05, 3.63) is 200 Å². The van der Waals surface area contributed by atoms with Gasteiger partial charge >= 0.3 is 0 Å². The maximum absolute atomic E-state index is 6.64. The third-order valence-electron chi connectivity index (χ3n) is 11.9. The molecule has 2 aliphatic rings. The number of nitrogens with zero attached hydrogens (tertiary/aromatic N) is 4. The Hall–Kier alpha value is -7.33. The average Bonchev–Trinajstić information content (AvgIpc) is 3.85. The molecule has 0 unspecified atom stereocenters. The van der Waals surface area contributed by atoms with Crippen LogP contribution in [0.5, 0.6) is 0 Å². The molecule has 284 valence electrons. The van der Waals surface area contributed by atoms with Gasteiger partial charge in [-0.05, 0) is 72.2 Å². The summed E-state index contributed by atoms with van der Waals surface area (Å²) < 4.78 is 13.2. The van der Waals surface area contributed by atoms with E-state index in [1.807, 2.05) is 18.2 Å². The van der Waals surface area contributed by atoms with Crippen molar-refractivity contribution in [2.75, 3.05) is 0 Å². The minimum absolute atomic E-state index is 0. The number of pyridine rings is 1. The quantitative estimate of drug-likeness (QED) is 0.112. The monoisotopic (exact) mass is 945 g/mol. The summed E-state index contributed by atoms with van der Waals surface area (Å²) in [6.07, 6.45) is 3.89. The molecule has 0 atom stereocenters. The standard InChI is InChI=1S/C54H30N4O.Pt/c1-3-17-39-37(15-1)38-16-2-4-18-40(38)47-24-11-27-50-54(47)57-33-56(50)34-13-9-14-35(31-34)59-36-29-30-44-43-21-7-8-26-49(43)58(51(44)32-36)52-28-12-25-48(55-52)42-20-6-5-19-41(42)46-23-10-22-45(39)53(46)57;/h1-30H;/q-2;. The van der Waals surface area contributed by atoms with Crippen molar-refractivity contribution in [3.8, 4) is 5.69 Å². The van der Waals surface area contributed by atoms with Gasteiger partial charge in [-0.25, -0.2) is 4.98 Å². The van der Waals surface area contributed by atoms with E-state index in [4.69, 9.17) is 9.40 Å². The molecule has 13 rings (SSSR count). The first kappa shape index (κ1) is 34.7. The average molecular weight is 946 g/mol. The normalized spacial score (nSPS) is 11.9. The number of aromatic nitrogens is 4. The van der Waals surface area contributed by atoms with Gasteiger partial charge in [0.05, 0.1) is 22.2 Å². The molecule has 8 aromatic carbocycles. The molecule has 0 aliphatic carbocycles. The smallest absolute Gasteiger partial charge is 0.268 e. The summed E-state index contributed by atoms with van der Waals surface area (Å²) in [5, 5.41) is 12.2. The van der Waals surface area contributed by atoms with Gasteiger partial charge in [0.15, 0.2) is 0 Å². The van der Waals surface area contributed by atoms with E-state index in [-0.39, 0.29) is 21.1 Å². The van der Waals surface area contributed by atoms with E-state index >= 15 is 0 Å². The molecule has 5 heterocycles. The topological polar surface area (TPSA) is 38.7 Å². The summed E-state index contributed by atoms with van der Waals surface area (Å²) in [5.41, 5.74) is 8.66. The first-order valence-electron chi connectivity index (χ1n) is 19.8. The van der Waals surface area contributed by atoms with Crippen LogP contribution < -0.4 is 4.57 Å². The summed E-state index contributed by atoms with van der Waals surface area (Å²) in [6, 6.07) is 71.5. The molecular formula is C54H30N4OPt-2. The number of fused-ring (bicyclic) bond motifs is 20. The van der Waals surface area contributed by atoms with Crippen molar-refractivity contribution in [1.29, 1.82) is 0 Å². The summed E-state index contributed by atoms with van der Waals surface area (Å²) in [6.45, 7) is 0. The van der Waals surface area contributed by atoms with Crippen LogP contribution in [0.2, 0.25) is 0 Å². The largest absolute Gasteiger partial charge is 0.510 e. The van der Waals surface area contributed by atoms with Crippen molar-refractivity contribution in [2.45, 2.75) is 0 Å². The summed E-state index contributed by atoms with van der Waals surface area (Å²) >= 11 is 0. The van der Waals surface area contributed by atoms with E-state index in [1.165, 1.54) is 10.8 Å². The molecule has 0 N–H and O–H groups in total. The van der Waals surface area contributed by atoms with Crippen LogP contribution in [0.4, 0.5) is 0 Å². The predicted molar refractivity (Wildman–Crippen MR) is 240 cm³/mol. The van der Waals surface area contributed by atoms with Crippen LogP contribution in [-0.4, -0.2) is 13.8 Å². The summed E-state index contributed by atoms with van der Waals surface area (Å²) in [7, 11) is 0. The van der Waals surface area contributed by atoms with Gasteiger partial charge in [0.2, 0.25) is 0 Å². The van der Waals surface area contributed by atoms with Gasteiger partial charge in [0.25, 0.3) is 6.33 Å². The van der Waals surface area contributed by atoms with E-state index in [2.05, 4.69) is 196 Å². The number of para-hydroxylation sites is 3. The Morgan fingerprint density at radius 1 is 0.433 bits per heavy atom. The fourth-order valence-electron chi connectivity index (χ4n) is 9.39. The Morgan fingerprint density at radius 2 is 0.983 bits per heavy atom. The summed E-state index contributed by atoms with van der Waals surface area (Å²) in [4.78, 5) is 5.46. The number of rotatable bonds is 0. The van der Waals surface area contributed by atoms with E-state index in [9.17, 15) is 0 Å². The second-order valence-corrected chi connectivity index (χ2v) is 15.1. The van der Waals surface area contributed by atoms with Crippen LogP contribution in [-0.2, 0) is 21.1 Å². The van der Waals surface area contributed by atoms with Gasteiger partial charge in [-0.1, -0.05) is 139 Å². The molecule has 0 amide bonds. The zero-order valence-corrected chi connectivity index (χ0v) is 34.1. The SMILES string of the molecule is [Pt].[c-]1c2cccc1n1[c-][n+]3c4c(cccc41)c1ccccc1c1ccccc1c1cccc(c1-3)c1ccccc1c1cccc(n1)n1c3[c-]c(ccc3c3ccccc31)o2. The van der Waals surface area contributed by atoms with Gasteiger partial charge < -0.3 is 13.2 Å². The second-order valence-electron chi connectivity index (χ2n) is 15.1. The van der Waals surface area contributed by atoms with Crippen molar-refractivity contribution in [2.24, 2.45) is 0 Å². The Balaban J connectivity index is 0.00000388. The molecule has 0 spiro atoms. The van der Waals surface area contributed by atoms with E-state index in [0.717, 1.165) is 92.9 Å². The van der Waals surface area contributed by atoms with Gasteiger partial charge in [-0.2, -0.15) is 18.2 Å². The van der Waals surface area contributed by atoms with E-state index < -0.39 is 0 Å². The van der Waals surface area contributed by atoms with Crippen LogP contribution in [0, 0.1) is 18.5 Å². The number of benzene rings is 8. The van der Waals surface area contributed by atoms with Crippen LogP contribution in [0.25, 0.3) is 115 Å². The minimum atomic E-state index is 0. The molecule has 0 saturated heterocycles. The van der Waals surface area contributed by atoms with Crippen molar-refractivity contribution in [3.63, 3.8) is 0 Å². The maximum atomic E-state index is 6.64. The molecule has 11 aromatic rings.